The third-order valence-corrected chi connectivity index (χ3v) is 6.57. The van der Waals surface area contributed by atoms with Crippen molar-refractivity contribution in [1.29, 1.82) is 0 Å². The molecule has 2 aliphatic heterocycles. The van der Waals surface area contributed by atoms with Gasteiger partial charge in [0.05, 0.1) is 16.3 Å². The first-order valence-corrected chi connectivity index (χ1v) is 10.0. The minimum absolute atomic E-state index is 0.195. The molecule has 0 bridgehead atoms. The highest BCUT2D eigenvalue weighted by Gasteiger charge is 2.24. The number of hydrogen-bond donors (Lipinski definition) is 1. The van der Waals surface area contributed by atoms with Gasteiger partial charge in [-0.25, -0.2) is 8.42 Å². The SMILES string of the molecule is O=S(=O)(c1ccc2c(c1)OCCO2)c1ccc2oc3c(c2c1)CCNC3. The summed E-state index contributed by atoms with van der Waals surface area (Å²) in [6.45, 7) is 2.42. The van der Waals surface area contributed by atoms with Crippen molar-refractivity contribution in [2.45, 2.75) is 22.8 Å². The smallest absolute Gasteiger partial charge is 0.206 e. The average molecular weight is 371 g/mol. The van der Waals surface area contributed by atoms with Crippen molar-refractivity contribution in [2.75, 3.05) is 19.8 Å². The normalized spacial score (nSPS) is 16.5. The minimum atomic E-state index is -3.66. The summed E-state index contributed by atoms with van der Waals surface area (Å²) >= 11 is 0. The van der Waals surface area contributed by atoms with Crippen LogP contribution in [0.15, 0.2) is 50.6 Å². The molecule has 0 atom stereocenters. The maximum atomic E-state index is 13.1. The van der Waals surface area contributed by atoms with Crippen molar-refractivity contribution in [1.82, 2.24) is 5.32 Å². The summed E-state index contributed by atoms with van der Waals surface area (Å²) in [5.41, 5.74) is 1.82. The number of benzene rings is 2. The molecule has 1 N–H and O–H groups in total. The molecule has 3 aromatic rings. The van der Waals surface area contributed by atoms with Crippen molar-refractivity contribution in [3.05, 3.63) is 47.7 Å². The third kappa shape index (κ3) is 2.39. The lowest BCUT2D eigenvalue weighted by Gasteiger charge is -2.18. The van der Waals surface area contributed by atoms with Gasteiger partial charge in [0.15, 0.2) is 11.5 Å². The monoisotopic (exact) mass is 371 g/mol. The molecular formula is C19H17NO5S. The molecule has 2 aromatic carbocycles. The Balaban J connectivity index is 1.62. The second-order valence-electron chi connectivity index (χ2n) is 6.40. The van der Waals surface area contributed by atoms with E-state index < -0.39 is 9.84 Å². The Morgan fingerprint density at radius 2 is 1.69 bits per heavy atom. The van der Waals surface area contributed by atoms with E-state index in [0.717, 1.165) is 35.3 Å². The van der Waals surface area contributed by atoms with Crippen LogP contribution in [0.2, 0.25) is 0 Å². The van der Waals surface area contributed by atoms with E-state index in [0.29, 0.717) is 31.3 Å². The number of hydrogen-bond acceptors (Lipinski definition) is 6. The van der Waals surface area contributed by atoms with Crippen molar-refractivity contribution < 1.29 is 22.3 Å². The van der Waals surface area contributed by atoms with Gasteiger partial charge in [-0.15, -0.1) is 0 Å². The highest BCUT2D eigenvalue weighted by atomic mass is 32.2. The summed E-state index contributed by atoms with van der Waals surface area (Å²) in [4.78, 5) is 0.448. The lowest BCUT2D eigenvalue weighted by Crippen LogP contribution is -2.22. The molecular weight excluding hydrogens is 354 g/mol. The first-order chi connectivity index (χ1) is 12.6. The molecule has 2 aliphatic rings. The average Bonchev–Trinajstić information content (AvgIpc) is 3.05. The molecule has 7 heteroatoms. The number of furan rings is 1. The standard InChI is InChI=1S/C19H17NO5S/c21-26(22,13-2-4-17-18(10-13)24-8-7-23-17)12-1-3-16-15(9-12)14-5-6-20-11-19(14)25-16/h1-4,9-10,20H,5-8,11H2. The van der Waals surface area contributed by atoms with Gasteiger partial charge in [-0.2, -0.15) is 0 Å². The summed E-state index contributed by atoms with van der Waals surface area (Å²) in [5.74, 6) is 1.92. The van der Waals surface area contributed by atoms with Crippen LogP contribution in [0.3, 0.4) is 0 Å². The second-order valence-corrected chi connectivity index (χ2v) is 8.35. The number of rotatable bonds is 2. The highest BCUT2D eigenvalue weighted by molar-refractivity contribution is 7.91. The van der Waals surface area contributed by atoms with E-state index in [1.807, 2.05) is 0 Å². The van der Waals surface area contributed by atoms with Gasteiger partial charge in [0, 0.05) is 17.0 Å². The summed E-state index contributed by atoms with van der Waals surface area (Å²) in [6.07, 6.45) is 0.829. The fraction of sp³-hybridized carbons (Fsp3) is 0.263. The van der Waals surface area contributed by atoms with E-state index in [9.17, 15) is 8.42 Å². The summed E-state index contributed by atoms with van der Waals surface area (Å²) in [6, 6.07) is 9.78. The Kier molecular flexibility index (Phi) is 3.48. The Labute approximate surface area is 150 Å². The largest absolute Gasteiger partial charge is 0.486 e. The lowest BCUT2D eigenvalue weighted by molar-refractivity contribution is 0.171. The van der Waals surface area contributed by atoms with E-state index in [1.165, 1.54) is 6.07 Å². The summed E-state index contributed by atoms with van der Waals surface area (Å²) < 4.78 is 43.1. The van der Waals surface area contributed by atoms with Crippen molar-refractivity contribution in [2.24, 2.45) is 0 Å². The number of ether oxygens (including phenoxy) is 2. The van der Waals surface area contributed by atoms with Crippen LogP contribution in [0.5, 0.6) is 11.5 Å². The van der Waals surface area contributed by atoms with Crippen molar-refractivity contribution in [3.63, 3.8) is 0 Å². The maximum Gasteiger partial charge on any atom is 0.206 e. The van der Waals surface area contributed by atoms with Gasteiger partial charge in [-0.3, -0.25) is 0 Å². The lowest BCUT2D eigenvalue weighted by atomic mass is 10.1. The molecule has 0 spiro atoms. The first-order valence-electron chi connectivity index (χ1n) is 8.53. The molecule has 26 heavy (non-hydrogen) atoms. The number of fused-ring (bicyclic) bond motifs is 4. The van der Waals surface area contributed by atoms with Gasteiger partial charge < -0.3 is 19.2 Å². The summed E-state index contributed by atoms with van der Waals surface area (Å²) in [5, 5.41) is 4.14. The Morgan fingerprint density at radius 3 is 2.58 bits per heavy atom. The molecule has 0 aliphatic carbocycles. The molecule has 0 unspecified atom stereocenters. The zero-order valence-electron chi connectivity index (χ0n) is 13.9. The molecule has 3 heterocycles. The zero-order valence-corrected chi connectivity index (χ0v) is 14.8. The fourth-order valence-corrected chi connectivity index (χ4v) is 4.81. The van der Waals surface area contributed by atoms with Crippen LogP contribution < -0.4 is 14.8 Å². The molecule has 5 rings (SSSR count). The molecule has 0 amide bonds. The molecule has 0 saturated heterocycles. The van der Waals surface area contributed by atoms with Gasteiger partial charge in [0.2, 0.25) is 9.84 Å². The van der Waals surface area contributed by atoms with Crippen LogP contribution >= 0.6 is 0 Å². The van der Waals surface area contributed by atoms with Crippen LogP contribution in [-0.2, 0) is 22.8 Å². The molecule has 134 valence electrons. The predicted molar refractivity (Wildman–Crippen MR) is 94.5 cm³/mol. The number of nitrogens with one attached hydrogen (secondary N) is 1. The van der Waals surface area contributed by atoms with E-state index in [4.69, 9.17) is 13.9 Å². The highest BCUT2D eigenvalue weighted by Crippen LogP contribution is 2.36. The van der Waals surface area contributed by atoms with E-state index in [2.05, 4.69) is 5.32 Å². The number of sulfone groups is 1. The van der Waals surface area contributed by atoms with Crippen LogP contribution in [-0.4, -0.2) is 28.2 Å². The van der Waals surface area contributed by atoms with Crippen molar-refractivity contribution in [3.8, 4) is 11.5 Å². The topological polar surface area (TPSA) is 77.8 Å². The van der Waals surface area contributed by atoms with Crippen LogP contribution in [0.4, 0.5) is 0 Å². The van der Waals surface area contributed by atoms with Crippen molar-refractivity contribution >= 4 is 20.8 Å². The second kappa shape index (κ2) is 5.75. The third-order valence-electron chi connectivity index (χ3n) is 4.82. The van der Waals surface area contributed by atoms with Gasteiger partial charge in [0.25, 0.3) is 0 Å². The molecule has 0 radical (unpaired) electrons. The van der Waals surface area contributed by atoms with Gasteiger partial charge in [-0.1, -0.05) is 0 Å². The quantitative estimate of drug-likeness (QED) is 0.746. The predicted octanol–water partition coefficient (Wildman–Crippen LogP) is 2.68. The Hall–Kier alpha value is -2.51. The molecule has 1 aromatic heterocycles. The van der Waals surface area contributed by atoms with Gasteiger partial charge in [0.1, 0.15) is 24.6 Å². The van der Waals surface area contributed by atoms with E-state index in [-0.39, 0.29) is 9.79 Å². The van der Waals surface area contributed by atoms with Crippen LogP contribution in [0.1, 0.15) is 11.3 Å². The van der Waals surface area contributed by atoms with Gasteiger partial charge >= 0.3 is 0 Å². The summed E-state index contributed by atoms with van der Waals surface area (Å²) in [7, 11) is -3.66. The molecule has 6 nitrogen and oxygen atoms in total. The Morgan fingerprint density at radius 1 is 0.923 bits per heavy atom. The minimum Gasteiger partial charge on any atom is -0.486 e. The van der Waals surface area contributed by atoms with Crippen LogP contribution in [0.25, 0.3) is 11.0 Å². The van der Waals surface area contributed by atoms with Crippen LogP contribution in [0, 0.1) is 0 Å². The zero-order chi connectivity index (χ0) is 17.7. The van der Waals surface area contributed by atoms with E-state index >= 15 is 0 Å². The fourth-order valence-electron chi connectivity index (χ4n) is 3.50. The molecule has 0 saturated carbocycles. The first kappa shape index (κ1) is 15.7. The molecule has 0 fully saturated rings. The van der Waals surface area contributed by atoms with E-state index in [1.54, 1.807) is 30.3 Å². The van der Waals surface area contributed by atoms with Gasteiger partial charge in [-0.05, 0) is 43.3 Å². The Bertz CT molecular complexity index is 1120. The maximum absolute atomic E-state index is 13.1.